The van der Waals surface area contributed by atoms with Gasteiger partial charge in [0.05, 0.1) is 16.2 Å². The molecule has 0 fully saturated rings. The number of rotatable bonds is 5. The fourth-order valence-electron chi connectivity index (χ4n) is 1.50. The van der Waals surface area contributed by atoms with E-state index in [0.29, 0.717) is 12.1 Å². The van der Waals surface area contributed by atoms with Crippen LogP contribution in [0.1, 0.15) is 13.3 Å². The van der Waals surface area contributed by atoms with E-state index in [4.69, 9.17) is 0 Å². The van der Waals surface area contributed by atoms with E-state index in [9.17, 15) is 33.9 Å². The van der Waals surface area contributed by atoms with Crippen LogP contribution in [-0.2, 0) is 20.2 Å². The normalized spacial score (nSPS) is 14.9. The third-order valence-electron chi connectivity index (χ3n) is 2.31. The highest BCUT2D eigenvalue weighted by Crippen LogP contribution is 2.22. The molecule has 0 spiro atoms. The van der Waals surface area contributed by atoms with Gasteiger partial charge in [0.15, 0.2) is 0 Å². The molecule has 5 nitrogen and oxygen atoms in total. The summed E-state index contributed by atoms with van der Waals surface area (Å²) in [5.74, 6) is 0. The fourth-order valence-corrected chi connectivity index (χ4v) is 3.21. The summed E-state index contributed by atoms with van der Waals surface area (Å²) in [6, 6.07) is 1.58. The highest BCUT2D eigenvalue weighted by Gasteiger charge is 2.32. The van der Waals surface area contributed by atoms with Crippen molar-refractivity contribution in [2.45, 2.75) is 35.4 Å². The molecule has 1 N–H and O–H groups in total. The van der Waals surface area contributed by atoms with E-state index in [2.05, 4.69) is 0 Å². The van der Waals surface area contributed by atoms with Crippen LogP contribution in [0.15, 0.2) is 34.1 Å². The molecule has 21 heavy (non-hydrogen) atoms. The first kappa shape index (κ1) is 17.9. The molecule has 0 aliphatic heterocycles. The van der Waals surface area contributed by atoms with Crippen molar-refractivity contribution in [3.8, 4) is 0 Å². The van der Waals surface area contributed by atoms with E-state index in [1.165, 1.54) is 0 Å². The van der Waals surface area contributed by atoms with Crippen LogP contribution in [0.5, 0.6) is 0 Å². The zero-order chi connectivity index (χ0) is 16.5. The molecule has 11 heteroatoms. The summed E-state index contributed by atoms with van der Waals surface area (Å²) in [7, 11) is -9.24. The Hall–Kier alpha value is -1.20. The fraction of sp³-hybridized carbons (Fsp3) is 0.400. The second-order valence-corrected chi connectivity index (χ2v) is 7.31. The summed E-state index contributed by atoms with van der Waals surface area (Å²) >= 11 is 0. The van der Waals surface area contributed by atoms with Gasteiger partial charge in [-0.25, -0.2) is 13.1 Å². The minimum Gasteiger partial charge on any atom is -0.208 e. The maximum absolute atomic E-state index is 12.6. The smallest absolute Gasteiger partial charge is 0.208 e. The molecule has 0 aliphatic rings. The van der Waals surface area contributed by atoms with Crippen LogP contribution in [0, 0.1) is 0 Å². The third kappa shape index (κ3) is 5.59. The molecule has 1 aromatic carbocycles. The Bertz CT molecular complexity index is 696. The van der Waals surface area contributed by atoms with Crippen molar-refractivity contribution in [1.82, 2.24) is 4.72 Å². The van der Waals surface area contributed by atoms with Gasteiger partial charge in [-0.2, -0.15) is 21.6 Å². The second-order valence-electron chi connectivity index (χ2n) is 4.25. The number of nitrogens with one attached hydrogen (secondary N) is 1. The van der Waals surface area contributed by atoms with E-state index < -0.39 is 48.7 Å². The molecule has 0 bridgehead atoms. The lowest BCUT2D eigenvalue weighted by molar-refractivity contribution is -0.137. The van der Waals surface area contributed by atoms with Gasteiger partial charge in [-0.3, -0.25) is 0 Å². The van der Waals surface area contributed by atoms with Crippen LogP contribution in [0.3, 0.4) is 0 Å². The lowest BCUT2D eigenvalue weighted by atomic mass is 10.2. The molecule has 1 rings (SSSR count). The molecule has 0 saturated heterocycles. The molecular formula is C10H11F4NO4S2. The molecule has 0 aromatic heterocycles. The molecule has 120 valence electrons. The van der Waals surface area contributed by atoms with Crippen LogP contribution in [0.25, 0.3) is 0 Å². The number of sulfonamides is 1. The maximum atomic E-state index is 12.6. The van der Waals surface area contributed by atoms with Crippen LogP contribution >= 0.6 is 0 Å². The summed E-state index contributed by atoms with van der Waals surface area (Å²) in [5, 5.41) is 0. The van der Waals surface area contributed by atoms with Crippen LogP contribution in [-0.4, -0.2) is 29.1 Å². The van der Waals surface area contributed by atoms with Crippen LogP contribution in [0.2, 0.25) is 0 Å². The molecule has 0 radical (unpaired) electrons. The highest BCUT2D eigenvalue weighted by molar-refractivity contribution is 7.89. The lowest BCUT2D eigenvalue weighted by Crippen LogP contribution is -2.35. The van der Waals surface area contributed by atoms with E-state index in [1.54, 1.807) is 4.72 Å². The first-order chi connectivity index (χ1) is 9.31. The first-order valence-electron chi connectivity index (χ1n) is 5.45. The van der Waals surface area contributed by atoms with Gasteiger partial charge in [0.2, 0.25) is 10.0 Å². The zero-order valence-electron chi connectivity index (χ0n) is 10.6. The van der Waals surface area contributed by atoms with Gasteiger partial charge in [-0.1, -0.05) is 0 Å². The van der Waals surface area contributed by atoms with Crippen LogP contribution < -0.4 is 4.72 Å². The minimum absolute atomic E-state index is 0.469. The first-order valence-corrected chi connectivity index (χ1v) is 8.32. The Balaban J connectivity index is 2.94. The van der Waals surface area contributed by atoms with E-state index in [0.717, 1.165) is 19.1 Å². The average molecular weight is 349 g/mol. The summed E-state index contributed by atoms with van der Waals surface area (Å²) in [6.45, 7) is 1.03. The van der Waals surface area contributed by atoms with E-state index in [-0.39, 0.29) is 0 Å². The zero-order valence-corrected chi connectivity index (χ0v) is 12.2. The summed E-state index contributed by atoms with van der Waals surface area (Å²) in [5.41, 5.74) is 0. The largest absolute Gasteiger partial charge is 0.390 e. The molecule has 0 saturated carbocycles. The maximum Gasteiger partial charge on any atom is 0.390 e. The van der Waals surface area contributed by atoms with Gasteiger partial charge >= 0.3 is 16.4 Å². The van der Waals surface area contributed by atoms with Crippen molar-refractivity contribution >= 4 is 20.2 Å². The highest BCUT2D eigenvalue weighted by atomic mass is 32.3. The van der Waals surface area contributed by atoms with Gasteiger partial charge in [0.25, 0.3) is 0 Å². The van der Waals surface area contributed by atoms with Gasteiger partial charge in [0, 0.05) is 6.04 Å². The Morgan fingerprint density at radius 3 is 1.86 bits per heavy atom. The summed E-state index contributed by atoms with van der Waals surface area (Å²) < 4.78 is 95.5. The Kier molecular flexibility index (Phi) is 5.01. The summed E-state index contributed by atoms with van der Waals surface area (Å²) in [4.78, 5) is -1.21. The van der Waals surface area contributed by atoms with Crippen molar-refractivity contribution in [3.63, 3.8) is 0 Å². The standard InChI is InChI=1S/C10H11F4NO4S2/c1-7(6-10(11,12)13)15-21(18,19)9-4-2-8(3-5-9)20(14,16)17/h2-5,7,15H,6H2,1H3. The molecule has 1 aromatic rings. The van der Waals surface area contributed by atoms with Gasteiger partial charge in [0.1, 0.15) is 0 Å². The quantitative estimate of drug-likeness (QED) is 0.651. The van der Waals surface area contributed by atoms with Gasteiger partial charge in [-0.05, 0) is 31.2 Å². The van der Waals surface area contributed by atoms with Gasteiger partial charge < -0.3 is 0 Å². The number of alkyl halides is 3. The van der Waals surface area contributed by atoms with Crippen molar-refractivity contribution in [1.29, 1.82) is 0 Å². The molecule has 1 unspecified atom stereocenters. The van der Waals surface area contributed by atoms with Crippen molar-refractivity contribution in [2.75, 3.05) is 0 Å². The van der Waals surface area contributed by atoms with Gasteiger partial charge in [-0.15, -0.1) is 3.89 Å². The summed E-state index contributed by atoms with van der Waals surface area (Å²) in [6.07, 6.45) is -5.89. The SMILES string of the molecule is CC(CC(F)(F)F)NS(=O)(=O)c1ccc(S(=O)(=O)F)cc1. The predicted molar refractivity (Wildman–Crippen MR) is 65.2 cm³/mol. The van der Waals surface area contributed by atoms with Crippen molar-refractivity contribution < 1.29 is 33.9 Å². The predicted octanol–water partition coefficient (Wildman–Crippen LogP) is 1.96. The number of hydrogen-bond acceptors (Lipinski definition) is 4. The third-order valence-corrected chi connectivity index (χ3v) is 4.75. The van der Waals surface area contributed by atoms with Crippen LogP contribution in [0.4, 0.5) is 17.1 Å². The van der Waals surface area contributed by atoms with Crippen molar-refractivity contribution in [3.05, 3.63) is 24.3 Å². The second kappa shape index (κ2) is 5.89. The van der Waals surface area contributed by atoms with E-state index >= 15 is 0 Å². The molecule has 0 aliphatic carbocycles. The lowest BCUT2D eigenvalue weighted by Gasteiger charge is -2.16. The number of hydrogen-bond donors (Lipinski definition) is 1. The Morgan fingerprint density at radius 2 is 1.48 bits per heavy atom. The Morgan fingerprint density at radius 1 is 1.05 bits per heavy atom. The molecule has 1 atom stereocenters. The monoisotopic (exact) mass is 349 g/mol. The number of halogens is 4. The molecule has 0 amide bonds. The van der Waals surface area contributed by atoms with E-state index in [1.807, 2.05) is 0 Å². The Labute approximate surface area is 119 Å². The average Bonchev–Trinajstić information content (AvgIpc) is 2.24. The molecular weight excluding hydrogens is 338 g/mol. The van der Waals surface area contributed by atoms with Crippen molar-refractivity contribution in [2.24, 2.45) is 0 Å². The minimum atomic E-state index is -4.98. The molecule has 0 heterocycles. The number of benzene rings is 1. The topological polar surface area (TPSA) is 80.3 Å².